The first-order chi connectivity index (χ1) is 16.5. The number of hydrogen-bond acceptors (Lipinski definition) is 7. The lowest BCUT2D eigenvalue weighted by molar-refractivity contribution is 0.0486. The van der Waals surface area contributed by atoms with Gasteiger partial charge in [-0.3, -0.25) is 9.59 Å². The summed E-state index contributed by atoms with van der Waals surface area (Å²) in [5.41, 5.74) is 0.414. The number of halogens is 1. The van der Waals surface area contributed by atoms with Crippen LogP contribution in [0.1, 0.15) is 40.6 Å². The maximum Gasteiger partial charge on any atom is 0.291 e. The van der Waals surface area contributed by atoms with E-state index in [1.807, 2.05) is 0 Å². The molecule has 8 nitrogen and oxygen atoms in total. The van der Waals surface area contributed by atoms with E-state index in [1.54, 1.807) is 17.0 Å². The molecule has 0 radical (unpaired) electrons. The highest BCUT2D eigenvalue weighted by molar-refractivity contribution is 5.99. The standard InChI is InChI=1S/C25H24FNO7/c1-30-18-9-13(10-19(31-2)23(18)32-3)21-20-22(28)16-11-14(26)6-7-17(16)34-24(20)25(29)27(21)12-15-5-4-8-33-15/h6-7,9-11,15,21H,4-5,8,12H2,1-3H3/t15-,21+/m1/s1. The van der Waals surface area contributed by atoms with Gasteiger partial charge in [-0.1, -0.05) is 0 Å². The van der Waals surface area contributed by atoms with Crippen LogP contribution >= 0.6 is 0 Å². The first kappa shape index (κ1) is 22.2. The predicted octanol–water partition coefficient (Wildman–Crippen LogP) is 3.68. The molecular formula is C25H24FNO7. The van der Waals surface area contributed by atoms with E-state index in [2.05, 4.69) is 0 Å². The third-order valence-corrected chi connectivity index (χ3v) is 6.35. The van der Waals surface area contributed by atoms with Crippen molar-refractivity contribution in [3.8, 4) is 17.2 Å². The van der Waals surface area contributed by atoms with Crippen molar-refractivity contribution in [1.29, 1.82) is 0 Å². The van der Waals surface area contributed by atoms with Gasteiger partial charge in [-0.15, -0.1) is 0 Å². The molecule has 0 bridgehead atoms. The normalized spacial score (nSPS) is 19.5. The number of carbonyl (C=O) groups is 1. The highest BCUT2D eigenvalue weighted by Gasteiger charge is 2.44. The van der Waals surface area contributed by atoms with Crippen molar-refractivity contribution >= 4 is 16.9 Å². The maximum atomic E-state index is 14.0. The van der Waals surface area contributed by atoms with Crippen LogP contribution in [0.3, 0.4) is 0 Å². The van der Waals surface area contributed by atoms with Crippen molar-refractivity contribution in [2.75, 3.05) is 34.5 Å². The first-order valence-electron chi connectivity index (χ1n) is 11.0. The quantitative estimate of drug-likeness (QED) is 0.544. The summed E-state index contributed by atoms with van der Waals surface area (Å²) in [7, 11) is 4.47. The molecule has 1 aromatic heterocycles. The molecule has 1 fully saturated rings. The Morgan fingerprint density at radius 3 is 2.41 bits per heavy atom. The Morgan fingerprint density at radius 2 is 1.79 bits per heavy atom. The van der Waals surface area contributed by atoms with Crippen LogP contribution in [0.4, 0.5) is 4.39 Å². The molecule has 0 aliphatic carbocycles. The molecular weight excluding hydrogens is 445 g/mol. The Kier molecular flexibility index (Phi) is 5.65. The van der Waals surface area contributed by atoms with Crippen molar-refractivity contribution in [2.24, 2.45) is 0 Å². The number of nitrogens with zero attached hydrogens (tertiary/aromatic N) is 1. The van der Waals surface area contributed by atoms with Crippen molar-refractivity contribution in [3.63, 3.8) is 0 Å². The van der Waals surface area contributed by atoms with Gasteiger partial charge in [0.05, 0.1) is 44.4 Å². The van der Waals surface area contributed by atoms with E-state index >= 15 is 0 Å². The van der Waals surface area contributed by atoms with E-state index in [4.69, 9.17) is 23.4 Å². The lowest BCUT2D eigenvalue weighted by Crippen LogP contribution is -2.36. The number of hydrogen-bond donors (Lipinski definition) is 0. The zero-order chi connectivity index (χ0) is 24.0. The number of carbonyl (C=O) groups excluding carboxylic acids is 1. The van der Waals surface area contributed by atoms with Gasteiger partial charge in [0.1, 0.15) is 11.4 Å². The van der Waals surface area contributed by atoms with Crippen LogP contribution in [0.5, 0.6) is 17.2 Å². The van der Waals surface area contributed by atoms with Crippen LogP contribution in [-0.4, -0.2) is 51.4 Å². The molecule has 3 aromatic rings. The van der Waals surface area contributed by atoms with Gasteiger partial charge in [-0.2, -0.15) is 0 Å². The minimum Gasteiger partial charge on any atom is -0.493 e. The van der Waals surface area contributed by atoms with Crippen molar-refractivity contribution in [3.05, 3.63) is 63.3 Å². The number of ether oxygens (including phenoxy) is 4. The van der Waals surface area contributed by atoms with E-state index in [1.165, 1.54) is 33.5 Å². The number of fused-ring (bicyclic) bond motifs is 2. The van der Waals surface area contributed by atoms with E-state index in [0.717, 1.165) is 18.9 Å². The molecule has 1 amide bonds. The fourth-order valence-electron chi connectivity index (χ4n) is 4.79. The summed E-state index contributed by atoms with van der Waals surface area (Å²) < 4.78 is 42.0. The summed E-state index contributed by atoms with van der Waals surface area (Å²) in [5, 5.41) is 0.0722. The number of amides is 1. The lowest BCUT2D eigenvalue weighted by Gasteiger charge is -2.28. The van der Waals surface area contributed by atoms with Gasteiger partial charge < -0.3 is 28.3 Å². The molecule has 0 N–H and O–H groups in total. The summed E-state index contributed by atoms with van der Waals surface area (Å²) in [4.78, 5) is 28.7. The number of rotatable bonds is 6. The predicted molar refractivity (Wildman–Crippen MR) is 120 cm³/mol. The summed E-state index contributed by atoms with van der Waals surface area (Å²) >= 11 is 0. The second-order valence-electron chi connectivity index (χ2n) is 8.27. The Morgan fingerprint density at radius 1 is 1.06 bits per heavy atom. The van der Waals surface area contributed by atoms with E-state index < -0.39 is 23.2 Å². The van der Waals surface area contributed by atoms with Gasteiger partial charge in [0.15, 0.2) is 16.9 Å². The molecule has 2 aliphatic rings. The molecule has 178 valence electrons. The third-order valence-electron chi connectivity index (χ3n) is 6.35. The highest BCUT2D eigenvalue weighted by Crippen LogP contribution is 2.45. The second-order valence-corrected chi connectivity index (χ2v) is 8.27. The smallest absolute Gasteiger partial charge is 0.291 e. The monoisotopic (exact) mass is 469 g/mol. The molecule has 2 atom stereocenters. The molecule has 3 heterocycles. The topological polar surface area (TPSA) is 87.4 Å². The fourth-order valence-corrected chi connectivity index (χ4v) is 4.79. The van der Waals surface area contributed by atoms with Crippen LogP contribution in [0.2, 0.25) is 0 Å². The molecule has 34 heavy (non-hydrogen) atoms. The first-order valence-corrected chi connectivity index (χ1v) is 11.0. The summed E-state index contributed by atoms with van der Waals surface area (Å²) in [6.07, 6.45) is 1.54. The minimum atomic E-state index is -0.802. The van der Waals surface area contributed by atoms with Crippen LogP contribution in [0.15, 0.2) is 39.5 Å². The Hall–Kier alpha value is -3.59. The molecule has 0 saturated carbocycles. The largest absolute Gasteiger partial charge is 0.493 e. The van der Waals surface area contributed by atoms with Gasteiger partial charge in [-0.05, 0) is 48.7 Å². The molecule has 2 aromatic carbocycles. The summed E-state index contributed by atoms with van der Waals surface area (Å²) in [6, 6.07) is 6.28. The van der Waals surface area contributed by atoms with E-state index in [-0.39, 0.29) is 34.9 Å². The maximum absolute atomic E-state index is 14.0. The van der Waals surface area contributed by atoms with E-state index in [0.29, 0.717) is 29.4 Å². The molecule has 9 heteroatoms. The third kappa shape index (κ3) is 3.47. The Bertz CT molecular complexity index is 1300. The zero-order valence-electron chi connectivity index (χ0n) is 19.1. The van der Waals surface area contributed by atoms with Crippen LogP contribution < -0.4 is 19.6 Å². The second kappa shape index (κ2) is 8.64. The Labute approximate surface area is 194 Å². The van der Waals surface area contributed by atoms with Gasteiger partial charge in [0, 0.05) is 13.2 Å². The van der Waals surface area contributed by atoms with Crippen LogP contribution in [-0.2, 0) is 4.74 Å². The van der Waals surface area contributed by atoms with Gasteiger partial charge >= 0.3 is 0 Å². The summed E-state index contributed by atoms with van der Waals surface area (Å²) in [6.45, 7) is 0.892. The molecule has 1 saturated heterocycles. The van der Waals surface area contributed by atoms with E-state index in [9.17, 15) is 14.0 Å². The Balaban J connectivity index is 1.75. The van der Waals surface area contributed by atoms with Crippen LogP contribution in [0.25, 0.3) is 11.0 Å². The van der Waals surface area contributed by atoms with Gasteiger partial charge in [0.25, 0.3) is 5.91 Å². The number of benzene rings is 2. The molecule has 0 spiro atoms. The summed E-state index contributed by atoms with van der Waals surface area (Å²) in [5.74, 6) is 0.103. The SMILES string of the molecule is COc1cc([C@H]2c3c(oc4ccc(F)cc4c3=O)C(=O)N2C[C@H]2CCCO2)cc(OC)c1OC. The number of methoxy groups -OCH3 is 3. The molecule has 2 aliphatic heterocycles. The zero-order valence-corrected chi connectivity index (χ0v) is 19.1. The van der Waals surface area contributed by atoms with Crippen molar-refractivity contribution < 1.29 is 32.5 Å². The average molecular weight is 469 g/mol. The van der Waals surface area contributed by atoms with Crippen LogP contribution in [0, 0.1) is 5.82 Å². The van der Waals surface area contributed by atoms with Crippen molar-refractivity contribution in [1.82, 2.24) is 4.90 Å². The lowest BCUT2D eigenvalue weighted by atomic mass is 9.97. The molecule has 0 unspecified atom stereocenters. The average Bonchev–Trinajstić information content (AvgIpc) is 3.46. The van der Waals surface area contributed by atoms with Gasteiger partial charge in [-0.25, -0.2) is 4.39 Å². The fraction of sp³-hybridized carbons (Fsp3) is 0.360. The molecule has 5 rings (SSSR count). The highest BCUT2D eigenvalue weighted by atomic mass is 19.1. The van der Waals surface area contributed by atoms with Crippen molar-refractivity contribution in [2.45, 2.75) is 25.0 Å². The minimum absolute atomic E-state index is 0.0548. The van der Waals surface area contributed by atoms with Gasteiger partial charge in [0.2, 0.25) is 11.5 Å².